The molecule has 1 aromatic rings. The summed E-state index contributed by atoms with van der Waals surface area (Å²) in [7, 11) is 0. The van der Waals surface area contributed by atoms with Crippen molar-refractivity contribution in [1.82, 2.24) is 4.90 Å². The first-order chi connectivity index (χ1) is 9.20. The van der Waals surface area contributed by atoms with E-state index in [1.54, 1.807) is 6.07 Å². The third kappa shape index (κ3) is 3.33. The second-order valence-electron chi connectivity index (χ2n) is 6.00. The highest BCUT2D eigenvalue weighted by molar-refractivity contribution is 5.27. The first-order valence-electron chi connectivity index (χ1n) is 6.80. The van der Waals surface area contributed by atoms with Crippen LogP contribution < -0.4 is 0 Å². The number of hydrogen-bond acceptors (Lipinski definition) is 2. The minimum Gasteiger partial charge on any atom is -0.387 e. The smallest absolute Gasteiger partial charge is 0.387 e. The summed E-state index contributed by atoms with van der Waals surface area (Å²) in [6, 6.07) is 4.95. The second kappa shape index (κ2) is 5.37. The molecule has 2 rings (SSSR count). The summed E-state index contributed by atoms with van der Waals surface area (Å²) in [6.07, 6.45) is -3.16. The summed E-state index contributed by atoms with van der Waals surface area (Å²) >= 11 is 0. The summed E-state index contributed by atoms with van der Waals surface area (Å²) in [5.74, 6) is 0. The maximum atomic E-state index is 12.7. The number of benzene rings is 1. The maximum Gasteiger partial charge on any atom is 0.416 e. The quantitative estimate of drug-likeness (QED) is 0.918. The van der Waals surface area contributed by atoms with Gasteiger partial charge in [0.25, 0.3) is 0 Å². The molecule has 1 atom stereocenters. The number of β-amino-alcohol motifs (C(OH)–C–C–N with tert-alkyl or cyclic N) is 1. The molecule has 0 spiro atoms. The number of aliphatic hydroxyl groups excluding tert-OH is 1. The van der Waals surface area contributed by atoms with Crippen LogP contribution in [0.3, 0.4) is 0 Å². The van der Waals surface area contributed by atoms with Crippen LogP contribution in [0.25, 0.3) is 0 Å². The van der Waals surface area contributed by atoms with Crippen LogP contribution in [0, 0.1) is 0 Å². The van der Waals surface area contributed by atoms with Crippen molar-refractivity contribution in [1.29, 1.82) is 0 Å². The molecule has 1 aliphatic heterocycles. The van der Waals surface area contributed by atoms with Gasteiger partial charge in [0.05, 0.1) is 11.7 Å². The molecule has 1 aromatic carbocycles. The molecule has 0 amide bonds. The largest absolute Gasteiger partial charge is 0.416 e. The van der Waals surface area contributed by atoms with Gasteiger partial charge in [-0.1, -0.05) is 12.1 Å². The van der Waals surface area contributed by atoms with E-state index in [0.717, 1.165) is 31.5 Å². The number of aliphatic hydroxyl groups is 1. The Bertz CT molecular complexity index is 470. The van der Waals surface area contributed by atoms with Crippen LogP contribution in [0.15, 0.2) is 24.3 Å². The van der Waals surface area contributed by atoms with E-state index in [-0.39, 0.29) is 5.54 Å². The zero-order chi connectivity index (χ0) is 15.0. The van der Waals surface area contributed by atoms with Crippen molar-refractivity contribution in [2.75, 3.05) is 13.1 Å². The van der Waals surface area contributed by atoms with Gasteiger partial charge in [0.1, 0.15) is 0 Å². The molecule has 2 nitrogen and oxygen atoms in total. The molecule has 0 aliphatic carbocycles. The number of halogens is 3. The van der Waals surface area contributed by atoms with E-state index in [1.807, 2.05) is 0 Å². The molecule has 1 fully saturated rings. The van der Waals surface area contributed by atoms with Gasteiger partial charge in [-0.05, 0) is 50.9 Å². The Morgan fingerprint density at radius 2 is 2.05 bits per heavy atom. The highest BCUT2D eigenvalue weighted by Gasteiger charge is 2.34. The lowest BCUT2D eigenvalue weighted by Gasteiger charge is -2.33. The van der Waals surface area contributed by atoms with E-state index in [1.165, 1.54) is 6.07 Å². The van der Waals surface area contributed by atoms with Gasteiger partial charge in [-0.15, -0.1) is 0 Å². The van der Waals surface area contributed by atoms with Crippen LogP contribution >= 0.6 is 0 Å². The normalized spacial score (nSPS) is 21.1. The van der Waals surface area contributed by atoms with Crippen LogP contribution in [0.5, 0.6) is 0 Å². The minimum absolute atomic E-state index is 0.00260. The van der Waals surface area contributed by atoms with E-state index in [0.29, 0.717) is 12.1 Å². The van der Waals surface area contributed by atoms with Gasteiger partial charge >= 0.3 is 6.18 Å². The third-order valence-corrected chi connectivity index (χ3v) is 4.06. The second-order valence-corrected chi connectivity index (χ2v) is 6.00. The van der Waals surface area contributed by atoms with Crippen LogP contribution in [0.2, 0.25) is 0 Å². The van der Waals surface area contributed by atoms with E-state index in [2.05, 4.69) is 18.7 Å². The standard InChI is InChI=1S/C15H20F3NO/c1-14(2)7-4-8-19(14)10-13(20)11-5-3-6-12(9-11)15(16,17)18/h3,5-6,9,13,20H,4,7-8,10H2,1-2H3. The Kier molecular flexibility index (Phi) is 4.12. The van der Waals surface area contributed by atoms with Crippen LogP contribution in [-0.2, 0) is 6.18 Å². The van der Waals surface area contributed by atoms with Crippen LogP contribution in [0.1, 0.15) is 43.9 Å². The Morgan fingerprint density at radius 1 is 1.35 bits per heavy atom. The van der Waals surface area contributed by atoms with Gasteiger partial charge in [0.2, 0.25) is 0 Å². The Labute approximate surface area is 117 Å². The SMILES string of the molecule is CC1(C)CCCN1CC(O)c1cccc(C(F)(F)F)c1. The van der Waals surface area contributed by atoms with Crippen molar-refractivity contribution in [2.24, 2.45) is 0 Å². The zero-order valence-electron chi connectivity index (χ0n) is 11.7. The van der Waals surface area contributed by atoms with Gasteiger partial charge < -0.3 is 5.11 Å². The average molecular weight is 287 g/mol. The lowest BCUT2D eigenvalue weighted by Crippen LogP contribution is -2.40. The summed E-state index contributed by atoms with van der Waals surface area (Å²) in [4.78, 5) is 2.14. The molecule has 1 aliphatic rings. The van der Waals surface area contributed by atoms with Gasteiger partial charge in [0.15, 0.2) is 0 Å². The van der Waals surface area contributed by atoms with Gasteiger partial charge in [-0.25, -0.2) is 0 Å². The predicted octanol–water partition coefficient (Wildman–Crippen LogP) is 3.61. The maximum absolute atomic E-state index is 12.7. The molecular formula is C15H20F3NO. The molecule has 0 radical (unpaired) electrons. The molecule has 5 heteroatoms. The molecular weight excluding hydrogens is 267 g/mol. The van der Waals surface area contributed by atoms with Crippen molar-refractivity contribution in [2.45, 2.75) is 44.5 Å². The Hall–Kier alpha value is -1.07. The molecule has 1 heterocycles. The number of hydrogen-bond donors (Lipinski definition) is 1. The lowest BCUT2D eigenvalue weighted by molar-refractivity contribution is -0.137. The highest BCUT2D eigenvalue weighted by Crippen LogP contribution is 2.33. The summed E-state index contributed by atoms with van der Waals surface area (Å²) < 4.78 is 38.0. The van der Waals surface area contributed by atoms with Crippen molar-refractivity contribution in [3.05, 3.63) is 35.4 Å². The summed E-state index contributed by atoms with van der Waals surface area (Å²) in [5, 5.41) is 10.2. The van der Waals surface area contributed by atoms with Gasteiger partial charge in [-0.2, -0.15) is 13.2 Å². The molecule has 0 bridgehead atoms. The molecule has 0 aromatic heterocycles. The molecule has 1 unspecified atom stereocenters. The van der Waals surface area contributed by atoms with E-state index in [9.17, 15) is 18.3 Å². The van der Waals surface area contributed by atoms with Crippen molar-refractivity contribution < 1.29 is 18.3 Å². The average Bonchev–Trinajstić information content (AvgIpc) is 2.68. The monoisotopic (exact) mass is 287 g/mol. The molecule has 0 saturated carbocycles. The van der Waals surface area contributed by atoms with Crippen molar-refractivity contribution >= 4 is 0 Å². The molecule has 1 N–H and O–H groups in total. The molecule has 1 saturated heterocycles. The van der Waals surface area contributed by atoms with Gasteiger partial charge in [0, 0.05) is 12.1 Å². The zero-order valence-corrected chi connectivity index (χ0v) is 11.7. The number of rotatable bonds is 3. The van der Waals surface area contributed by atoms with E-state index < -0.39 is 17.8 Å². The topological polar surface area (TPSA) is 23.5 Å². The van der Waals surface area contributed by atoms with Crippen molar-refractivity contribution in [3.8, 4) is 0 Å². The summed E-state index contributed by atoms with van der Waals surface area (Å²) in [5.41, 5.74) is -0.389. The van der Waals surface area contributed by atoms with Crippen LogP contribution in [-0.4, -0.2) is 28.6 Å². The van der Waals surface area contributed by atoms with Crippen molar-refractivity contribution in [3.63, 3.8) is 0 Å². The Morgan fingerprint density at radius 3 is 2.60 bits per heavy atom. The van der Waals surface area contributed by atoms with E-state index >= 15 is 0 Å². The number of nitrogens with zero attached hydrogens (tertiary/aromatic N) is 1. The first-order valence-corrected chi connectivity index (χ1v) is 6.80. The van der Waals surface area contributed by atoms with Gasteiger partial charge in [-0.3, -0.25) is 4.90 Å². The number of alkyl halides is 3. The first kappa shape index (κ1) is 15.3. The number of likely N-dealkylation sites (tertiary alicyclic amines) is 1. The van der Waals surface area contributed by atoms with Crippen LogP contribution in [0.4, 0.5) is 13.2 Å². The minimum atomic E-state index is -4.37. The fourth-order valence-corrected chi connectivity index (χ4v) is 2.74. The summed E-state index contributed by atoms with van der Waals surface area (Å²) in [6.45, 7) is 5.44. The third-order valence-electron chi connectivity index (χ3n) is 4.06. The van der Waals surface area contributed by atoms with E-state index in [4.69, 9.17) is 0 Å². The molecule has 112 valence electrons. The Balaban J connectivity index is 2.12. The predicted molar refractivity (Wildman–Crippen MR) is 71.3 cm³/mol. The molecule has 20 heavy (non-hydrogen) atoms. The highest BCUT2D eigenvalue weighted by atomic mass is 19.4. The fourth-order valence-electron chi connectivity index (χ4n) is 2.74. The lowest BCUT2D eigenvalue weighted by atomic mass is 10.0. The fraction of sp³-hybridized carbons (Fsp3) is 0.600.